The minimum absolute atomic E-state index is 0.683. The number of aryl methyl sites for hydroxylation is 1. The van der Waals surface area contributed by atoms with Gasteiger partial charge in [0.1, 0.15) is 11.6 Å². The lowest BCUT2D eigenvalue weighted by Crippen LogP contribution is -2.27. The van der Waals surface area contributed by atoms with Crippen molar-refractivity contribution in [3.05, 3.63) is 17.1 Å². The molecule has 2 N–H and O–H groups in total. The number of nitrogen functional groups attached to an aromatic ring is 1. The summed E-state index contributed by atoms with van der Waals surface area (Å²) in [6, 6.07) is 0.744. The van der Waals surface area contributed by atoms with Crippen molar-refractivity contribution in [3.63, 3.8) is 0 Å². The van der Waals surface area contributed by atoms with Crippen LogP contribution in [0.5, 0.6) is 0 Å². The minimum atomic E-state index is 0.683. The summed E-state index contributed by atoms with van der Waals surface area (Å²) < 4.78 is 0. The molecule has 4 heteroatoms. The van der Waals surface area contributed by atoms with Crippen molar-refractivity contribution in [2.24, 2.45) is 0 Å². The van der Waals surface area contributed by atoms with Crippen LogP contribution >= 0.6 is 0 Å². The molecule has 4 nitrogen and oxygen atoms in total. The van der Waals surface area contributed by atoms with Gasteiger partial charge in [0.15, 0.2) is 0 Å². The summed E-state index contributed by atoms with van der Waals surface area (Å²) in [7, 11) is 0. The van der Waals surface area contributed by atoms with Gasteiger partial charge in [0.25, 0.3) is 0 Å². The van der Waals surface area contributed by atoms with Crippen LogP contribution in [0.25, 0.3) is 0 Å². The Bertz CT molecular complexity index is 410. The van der Waals surface area contributed by atoms with Crippen LogP contribution in [0, 0.1) is 6.92 Å². The molecule has 1 aromatic heterocycles. The fourth-order valence-corrected chi connectivity index (χ4v) is 2.96. The lowest BCUT2D eigenvalue weighted by Gasteiger charge is -2.22. The highest BCUT2D eigenvalue weighted by atomic mass is 15.2. The van der Waals surface area contributed by atoms with E-state index in [9.17, 15) is 0 Å². The standard InChI is InChI=1S/C12H18N4/c1-8-14-11-7-16(9-4-2-3-5-9)6-10(11)12(13)15-8/h9H,2-7H2,1H3,(H2,13,14,15). The number of nitrogens with two attached hydrogens (primary N) is 1. The Morgan fingerprint density at radius 3 is 2.69 bits per heavy atom. The van der Waals surface area contributed by atoms with Crippen LogP contribution in [-0.4, -0.2) is 20.9 Å². The summed E-state index contributed by atoms with van der Waals surface area (Å²) in [5, 5.41) is 0. The van der Waals surface area contributed by atoms with Gasteiger partial charge in [0.2, 0.25) is 0 Å². The summed E-state index contributed by atoms with van der Waals surface area (Å²) in [5.74, 6) is 1.48. The maximum absolute atomic E-state index is 5.96. The Morgan fingerprint density at radius 1 is 1.19 bits per heavy atom. The highest BCUT2D eigenvalue weighted by molar-refractivity contribution is 5.44. The van der Waals surface area contributed by atoms with Gasteiger partial charge in [-0.3, -0.25) is 4.90 Å². The monoisotopic (exact) mass is 218 g/mol. The number of aromatic nitrogens is 2. The molecule has 0 amide bonds. The van der Waals surface area contributed by atoms with E-state index in [-0.39, 0.29) is 0 Å². The number of hydrogen-bond acceptors (Lipinski definition) is 4. The molecule has 0 spiro atoms. The van der Waals surface area contributed by atoms with E-state index in [2.05, 4.69) is 14.9 Å². The summed E-state index contributed by atoms with van der Waals surface area (Å²) in [6.07, 6.45) is 5.41. The first-order valence-electron chi connectivity index (χ1n) is 6.10. The largest absolute Gasteiger partial charge is 0.383 e. The average Bonchev–Trinajstić information content (AvgIpc) is 2.82. The van der Waals surface area contributed by atoms with Crippen molar-refractivity contribution in [2.75, 3.05) is 5.73 Å². The third kappa shape index (κ3) is 1.57. The van der Waals surface area contributed by atoms with E-state index in [4.69, 9.17) is 5.73 Å². The second-order valence-electron chi connectivity index (χ2n) is 4.92. The van der Waals surface area contributed by atoms with E-state index < -0.39 is 0 Å². The third-order valence-electron chi connectivity index (χ3n) is 3.79. The molecule has 1 saturated carbocycles. The summed E-state index contributed by atoms with van der Waals surface area (Å²) in [5.41, 5.74) is 8.27. The molecular weight excluding hydrogens is 200 g/mol. The van der Waals surface area contributed by atoms with Crippen LogP contribution in [0.1, 0.15) is 42.8 Å². The van der Waals surface area contributed by atoms with E-state index in [1.54, 1.807) is 0 Å². The average molecular weight is 218 g/mol. The van der Waals surface area contributed by atoms with Crippen molar-refractivity contribution < 1.29 is 0 Å². The molecule has 1 aliphatic heterocycles. The Kier molecular flexibility index (Phi) is 2.32. The van der Waals surface area contributed by atoms with Crippen LogP contribution in [0.4, 0.5) is 5.82 Å². The molecule has 0 atom stereocenters. The Balaban J connectivity index is 1.85. The fraction of sp³-hybridized carbons (Fsp3) is 0.667. The van der Waals surface area contributed by atoms with Crippen LogP contribution in [-0.2, 0) is 13.1 Å². The molecule has 1 aliphatic carbocycles. The molecule has 16 heavy (non-hydrogen) atoms. The predicted octanol–water partition coefficient (Wildman–Crippen LogP) is 1.63. The van der Waals surface area contributed by atoms with Crippen LogP contribution < -0.4 is 5.73 Å². The maximum Gasteiger partial charge on any atom is 0.131 e. The van der Waals surface area contributed by atoms with E-state index in [0.29, 0.717) is 5.82 Å². The van der Waals surface area contributed by atoms with E-state index >= 15 is 0 Å². The maximum atomic E-state index is 5.96. The van der Waals surface area contributed by atoms with Crippen molar-refractivity contribution in [1.82, 2.24) is 14.9 Å². The van der Waals surface area contributed by atoms with Crippen molar-refractivity contribution in [2.45, 2.75) is 51.7 Å². The molecule has 0 aromatic carbocycles. The van der Waals surface area contributed by atoms with Crippen molar-refractivity contribution >= 4 is 5.82 Å². The van der Waals surface area contributed by atoms with E-state index in [1.165, 1.54) is 25.7 Å². The normalized spacial score (nSPS) is 21.6. The molecule has 2 heterocycles. The van der Waals surface area contributed by atoms with Gasteiger partial charge >= 0.3 is 0 Å². The molecule has 3 rings (SSSR count). The lowest BCUT2D eigenvalue weighted by molar-refractivity contribution is 0.201. The highest BCUT2D eigenvalue weighted by Gasteiger charge is 2.30. The fourth-order valence-electron chi connectivity index (χ4n) is 2.96. The third-order valence-corrected chi connectivity index (χ3v) is 3.79. The molecule has 1 aromatic rings. The Hall–Kier alpha value is -1.16. The first kappa shape index (κ1) is 10.0. The number of rotatable bonds is 1. The SMILES string of the molecule is Cc1nc(N)c2c(n1)CN(C1CCCC1)C2. The lowest BCUT2D eigenvalue weighted by atomic mass is 10.2. The second kappa shape index (κ2) is 3.70. The van der Waals surface area contributed by atoms with Gasteiger partial charge in [-0.2, -0.15) is 0 Å². The molecule has 1 fully saturated rings. The van der Waals surface area contributed by atoms with Gasteiger partial charge < -0.3 is 5.73 Å². The highest BCUT2D eigenvalue weighted by Crippen LogP contribution is 2.32. The van der Waals surface area contributed by atoms with Gasteiger partial charge in [-0.25, -0.2) is 9.97 Å². The van der Waals surface area contributed by atoms with Crippen LogP contribution in [0.15, 0.2) is 0 Å². The number of fused-ring (bicyclic) bond motifs is 1. The smallest absolute Gasteiger partial charge is 0.131 e. The quantitative estimate of drug-likeness (QED) is 0.778. The minimum Gasteiger partial charge on any atom is -0.383 e. The van der Waals surface area contributed by atoms with Gasteiger partial charge in [-0.15, -0.1) is 0 Å². The number of anilines is 1. The predicted molar refractivity (Wildman–Crippen MR) is 62.7 cm³/mol. The molecule has 0 saturated heterocycles. The Morgan fingerprint density at radius 2 is 1.94 bits per heavy atom. The van der Waals surface area contributed by atoms with Crippen molar-refractivity contribution in [1.29, 1.82) is 0 Å². The van der Waals surface area contributed by atoms with E-state index in [1.807, 2.05) is 6.92 Å². The first-order valence-corrected chi connectivity index (χ1v) is 6.10. The number of hydrogen-bond donors (Lipinski definition) is 1. The zero-order valence-corrected chi connectivity index (χ0v) is 9.74. The zero-order chi connectivity index (χ0) is 11.1. The first-order chi connectivity index (χ1) is 7.74. The van der Waals surface area contributed by atoms with Crippen molar-refractivity contribution in [3.8, 4) is 0 Å². The molecule has 0 unspecified atom stereocenters. The summed E-state index contributed by atoms with van der Waals surface area (Å²) >= 11 is 0. The topological polar surface area (TPSA) is 55.0 Å². The van der Waals surface area contributed by atoms with Gasteiger partial charge in [-0.1, -0.05) is 12.8 Å². The van der Waals surface area contributed by atoms with Gasteiger partial charge in [0.05, 0.1) is 5.69 Å². The molecular formula is C12H18N4. The number of nitrogens with zero attached hydrogens (tertiary/aromatic N) is 3. The molecule has 0 radical (unpaired) electrons. The zero-order valence-electron chi connectivity index (χ0n) is 9.74. The summed E-state index contributed by atoms with van der Waals surface area (Å²) in [6.45, 7) is 3.83. The van der Waals surface area contributed by atoms with Crippen LogP contribution in [0.2, 0.25) is 0 Å². The molecule has 2 aliphatic rings. The van der Waals surface area contributed by atoms with E-state index in [0.717, 1.165) is 36.2 Å². The summed E-state index contributed by atoms with van der Waals surface area (Å²) in [4.78, 5) is 11.3. The molecule has 0 bridgehead atoms. The van der Waals surface area contributed by atoms with Gasteiger partial charge in [-0.05, 0) is 19.8 Å². The second-order valence-corrected chi connectivity index (χ2v) is 4.92. The van der Waals surface area contributed by atoms with Gasteiger partial charge in [0, 0.05) is 24.7 Å². The van der Waals surface area contributed by atoms with Crippen LogP contribution in [0.3, 0.4) is 0 Å². The molecule has 86 valence electrons. The Labute approximate surface area is 95.9 Å².